The lowest BCUT2D eigenvalue weighted by atomic mass is 9.76. The van der Waals surface area contributed by atoms with Gasteiger partial charge in [0, 0.05) is 5.56 Å². The first-order valence-corrected chi connectivity index (χ1v) is 6.47. The monoisotopic (exact) mass is 254 g/mol. The molecule has 3 heteroatoms. The van der Waals surface area contributed by atoms with Gasteiger partial charge >= 0.3 is 0 Å². The van der Waals surface area contributed by atoms with Crippen molar-refractivity contribution < 1.29 is 13.9 Å². The maximum absolute atomic E-state index is 13.9. The van der Waals surface area contributed by atoms with Crippen LogP contribution < -0.4 is 0 Å². The van der Waals surface area contributed by atoms with Crippen LogP contribution in [0.1, 0.15) is 50.3 Å². The van der Waals surface area contributed by atoms with Crippen LogP contribution in [-0.2, 0) is 0 Å². The van der Waals surface area contributed by atoms with E-state index in [0.29, 0.717) is 0 Å². The van der Waals surface area contributed by atoms with Crippen molar-refractivity contribution in [2.24, 2.45) is 11.3 Å². The van der Waals surface area contributed by atoms with Crippen LogP contribution in [0, 0.1) is 29.9 Å². The Hall–Kier alpha value is -0.960. The highest BCUT2D eigenvalue weighted by molar-refractivity contribution is 5.28. The number of hydrogen-bond acceptors (Lipinski definition) is 1. The normalized spacial score (nSPS) is 24.2. The molecule has 1 aromatic carbocycles. The van der Waals surface area contributed by atoms with Gasteiger partial charge in [0.1, 0.15) is 0 Å². The van der Waals surface area contributed by atoms with Crippen molar-refractivity contribution in [1.82, 2.24) is 0 Å². The summed E-state index contributed by atoms with van der Waals surface area (Å²) in [5, 5.41) is 10.3. The van der Waals surface area contributed by atoms with Crippen molar-refractivity contribution in [2.75, 3.05) is 0 Å². The Bertz CT molecular complexity index is 454. The van der Waals surface area contributed by atoms with E-state index >= 15 is 0 Å². The first kappa shape index (κ1) is 13.5. The predicted molar refractivity (Wildman–Crippen MR) is 67.2 cm³/mol. The van der Waals surface area contributed by atoms with Crippen LogP contribution in [0.2, 0.25) is 0 Å². The van der Waals surface area contributed by atoms with E-state index in [2.05, 4.69) is 13.8 Å². The second kappa shape index (κ2) is 4.61. The molecule has 1 fully saturated rings. The highest BCUT2D eigenvalue weighted by Gasteiger charge is 2.40. The molecular formula is C15H20F2O. The summed E-state index contributed by atoms with van der Waals surface area (Å²) < 4.78 is 27.4. The van der Waals surface area contributed by atoms with E-state index in [1.807, 2.05) is 0 Å². The Balaban J connectivity index is 2.35. The number of rotatable bonds is 2. The molecule has 2 rings (SSSR count). The van der Waals surface area contributed by atoms with Gasteiger partial charge in [0.25, 0.3) is 0 Å². The summed E-state index contributed by atoms with van der Waals surface area (Å²) in [7, 11) is 0. The van der Waals surface area contributed by atoms with E-state index < -0.39 is 17.7 Å². The zero-order valence-corrected chi connectivity index (χ0v) is 11.1. The molecule has 1 aromatic rings. The van der Waals surface area contributed by atoms with Crippen molar-refractivity contribution in [3.8, 4) is 0 Å². The van der Waals surface area contributed by atoms with Gasteiger partial charge in [-0.15, -0.1) is 0 Å². The quantitative estimate of drug-likeness (QED) is 0.841. The first-order valence-electron chi connectivity index (χ1n) is 6.47. The molecule has 0 bridgehead atoms. The Labute approximate surface area is 107 Å². The van der Waals surface area contributed by atoms with Crippen LogP contribution in [0.5, 0.6) is 0 Å². The van der Waals surface area contributed by atoms with Gasteiger partial charge in [-0.05, 0) is 36.7 Å². The molecule has 0 heterocycles. The fourth-order valence-electron chi connectivity index (χ4n) is 3.05. The molecule has 0 aromatic heterocycles. The number of aryl methyl sites for hydroxylation is 1. The van der Waals surface area contributed by atoms with E-state index in [9.17, 15) is 13.9 Å². The average Bonchev–Trinajstić information content (AvgIpc) is 2.65. The largest absolute Gasteiger partial charge is 0.388 e. The van der Waals surface area contributed by atoms with Crippen LogP contribution in [0.25, 0.3) is 0 Å². The van der Waals surface area contributed by atoms with Crippen molar-refractivity contribution in [2.45, 2.75) is 46.1 Å². The highest BCUT2D eigenvalue weighted by atomic mass is 19.2. The zero-order chi connectivity index (χ0) is 13.5. The maximum atomic E-state index is 13.9. The van der Waals surface area contributed by atoms with Crippen LogP contribution in [0.3, 0.4) is 0 Å². The number of hydrogen-bond donors (Lipinski definition) is 1. The summed E-state index contributed by atoms with van der Waals surface area (Å²) in [5.74, 6) is -1.75. The van der Waals surface area contributed by atoms with E-state index in [1.54, 1.807) is 0 Å². The third kappa shape index (κ3) is 2.16. The topological polar surface area (TPSA) is 20.2 Å². The number of benzene rings is 1. The fourth-order valence-corrected chi connectivity index (χ4v) is 3.05. The second-order valence-corrected chi connectivity index (χ2v) is 6.03. The Kier molecular flexibility index (Phi) is 3.45. The van der Waals surface area contributed by atoms with E-state index in [0.717, 1.165) is 19.3 Å². The molecular weight excluding hydrogens is 234 g/mol. The lowest BCUT2D eigenvalue weighted by molar-refractivity contribution is 0.0499. The summed E-state index contributed by atoms with van der Waals surface area (Å²) in [6, 6.07) is 3.03. The molecule has 1 aliphatic rings. The number of aliphatic hydroxyl groups excluding tert-OH is 1. The fraction of sp³-hybridized carbons (Fsp3) is 0.600. The highest BCUT2D eigenvalue weighted by Crippen LogP contribution is 2.49. The Morgan fingerprint density at radius 1 is 1.28 bits per heavy atom. The molecule has 0 aliphatic heterocycles. The smallest absolute Gasteiger partial charge is 0.164 e. The summed E-state index contributed by atoms with van der Waals surface area (Å²) in [5.41, 5.74) is 0.347. The lowest BCUT2D eigenvalue weighted by Crippen LogP contribution is -2.25. The summed E-state index contributed by atoms with van der Waals surface area (Å²) >= 11 is 0. The van der Waals surface area contributed by atoms with Gasteiger partial charge in [-0.2, -0.15) is 0 Å². The second-order valence-electron chi connectivity index (χ2n) is 6.03. The molecule has 18 heavy (non-hydrogen) atoms. The van der Waals surface area contributed by atoms with Crippen molar-refractivity contribution >= 4 is 0 Å². The Morgan fingerprint density at radius 2 is 1.94 bits per heavy atom. The molecule has 2 atom stereocenters. The molecule has 0 saturated heterocycles. The predicted octanol–water partition coefficient (Wildman–Crippen LogP) is 4.13. The third-order valence-corrected chi connectivity index (χ3v) is 4.35. The zero-order valence-electron chi connectivity index (χ0n) is 11.1. The minimum Gasteiger partial charge on any atom is -0.388 e. The van der Waals surface area contributed by atoms with E-state index in [4.69, 9.17) is 0 Å². The summed E-state index contributed by atoms with van der Waals surface area (Å²) in [6.07, 6.45) is 2.00. The minimum absolute atomic E-state index is 0.00546. The number of halogens is 2. The van der Waals surface area contributed by atoms with Gasteiger partial charge in [-0.1, -0.05) is 32.4 Å². The van der Waals surface area contributed by atoms with Gasteiger partial charge in [0.15, 0.2) is 11.6 Å². The standard InChI is InChI=1S/C15H20F2O/c1-9-6-7-10(13(17)12(9)16)14(18)11-5-4-8-15(11,2)3/h6-7,11,14,18H,4-5,8H2,1-3H3. The molecule has 0 radical (unpaired) electrons. The Morgan fingerprint density at radius 3 is 2.50 bits per heavy atom. The van der Waals surface area contributed by atoms with Gasteiger partial charge in [-0.3, -0.25) is 0 Å². The van der Waals surface area contributed by atoms with Gasteiger partial charge in [0.2, 0.25) is 0 Å². The average molecular weight is 254 g/mol. The molecule has 100 valence electrons. The van der Waals surface area contributed by atoms with E-state index in [-0.39, 0.29) is 22.5 Å². The molecule has 0 spiro atoms. The van der Waals surface area contributed by atoms with E-state index in [1.165, 1.54) is 19.1 Å². The summed E-state index contributed by atoms with van der Waals surface area (Å²) in [6.45, 7) is 5.68. The number of aliphatic hydroxyl groups is 1. The molecule has 2 unspecified atom stereocenters. The van der Waals surface area contributed by atoms with Crippen LogP contribution >= 0.6 is 0 Å². The maximum Gasteiger partial charge on any atom is 0.164 e. The van der Waals surface area contributed by atoms with Gasteiger partial charge in [0.05, 0.1) is 6.10 Å². The molecule has 1 nitrogen and oxygen atoms in total. The van der Waals surface area contributed by atoms with Crippen LogP contribution in [0.4, 0.5) is 8.78 Å². The van der Waals surface area contributed by atoms with Crippen molar-refractivity contribution in [3.63, 3.8) is 0 Å². The van der Waals surface area contributed by atoms with Crippen molar-refractivity contribution in [3.05, 3.63) is 34.9 Å². The SMILES string of the molecule is Cc1ccc(C(O)C2CCCC2(C)C)c(F)c1F. The lowest BCUT2D eigenvalue weighted by Gasteiger charge is -2.31. The third-order valence-electron chi connectivity index (χ3n) is 4.35. The molecule has 1 aliphatic carbocycles. The van der Waals surface area contributed by atoms with Crippen LogP contribution in [0.15, 0.2) is 12.1 Å². The molecule has 0 amide bonds. The molecule has 1 N–H and O–H groups in total. The minimum atomic E-state index is -0.919. The van der Waals surface area contributed by atoms with Gasteiger partial charge < -0.3 is 5.11 Å². The summed E-state index contributed by atoms with van der Waals surface area (Å²) in [4.78, 5) is 0. The first-order chi connectivity index (χ1) is 8.34. The van der Waals surface area contributed by atoms with Gasteiger partial charge in [-0.25, -0.2) is 8.78 Å². The molecule has 1 saturated carbocycles. The van der Waals surface area contributed by atoms with Crippen molar-refractivity contribution in [1.29, 1.82) is 0 Å². The van der Waals surface area contributed by atoms with Crippen LogP contribution in [-0.4, -0.2) is 5.11 Å².